The lowest BCUT2D eigenvalue weighted by molar-refractivity contribution is 0.137. The number of aryl methyl sites for hydroxylation is 1. The number of nitrogens with zero attached hydrogens (tertiary/aromatic N) is 1. The first kappa shape index (κ1) is 14.5. The van der Waals surface area contributed by atoms with Gasteiger partial charge >= 0.3 is 0 Å². The van der Waals surface area contributed by atoms with Gasteiger partial charge in [-0.1, -0.05) is 6.92 Å². The van der Waals surface area contributed by atoms with Crippen molar-refractivity contribution in [1.29, 1.82) is 0 Å². The van der Waals surface area contributed by atoms with E-state index in [1.54, 1.807) is 0 Å². The molecule has 102 valence electrons. The third-order valence-electron chi connectivity index (χ3n) is 3.95. The van der Waals surface area contributed by atoms with Gasteiger partial charge in [-0.15, -0.1) is 11.3 Å². The Balaban J connectivity index is 1.78. The zero-order valence-corrected chi connectivity index (χ0v) is 14.0. The molecule has 0 saturated carbocycles. The van der Waals surface area contributed by atoms with Gasteiger partial charge in [0.15, 0.2) is 0 Å². The standard InChI is InChI=1S/C14H23BrN2S/c1-11-13(15)8-12(18-11)9-16-10-14(2)4-6-17(3)7-5-14/h8,16H,4-7,9-10H2,1-3H3. The highest BCUT2D eigenvalue weighted by atomic mass is 79.9. The first-order valence-corrected chi connectivity index (χ1v) is 8.24. The maximum absolute atomic E-state index is 3.64. The van der Waals surface area contributed by atoms with E-state index in [-0.39, 0.29) is 0 Å². The lowest BCUT2D eigenvalue weighted by Crippen LogP contribution is -2.41. The average molecular weight is 331 g/mol. The fourth-order valence-corrected chi connectivity index (χ4v) is 4.00. The topological polar surface area (TPSA) is 15.3 Å². The minimum atomic E-state index is 0.482. The van der Waals surface area contributed by atoms with Crippen LogP contribution in [0.15, 0.2) is 10.5 Å². The van der Waals surface area contributed by atoms with Crippen molar-refractivity contribution in [3.05, 3.63) is 20.3 Å². The lowest BCUT2D eigenvalue weighted by Gasteiger charge is -2.38. The Morgan fingerprint density at radius 1 is 1.44 bits per heavy atom. The molecule has 2 nitrogen and oxygen atoms in total. The van der Waals surface area contributed by atoms with Crippen LogP contribution >= 0.6 is 27.3 Å². The van der Waals surface area contributed by atoms with Gasteiger partial charge in [0.25, 0.3) is 0 Å². The van der Waals surface area contributed by atoms with Crippen molar-refractivity contribution in [3.63, 3.8) is 0 Å². The summed E-state index contributed by atoms with van der Waals surface area (Å²) < 4.78 is 1.25. The van der Waals surface area contributed by atoms with Crippen molar-refractivity contribution in [2.75, 3.05) is 26.7 Å². The molecule has 0 amide bonds. The zero-order chi connectivity index (χ0) is 13.2. The molecule has 0 radical (unpaired) electrons. The molecule has 18 heavy (non-hydrogen) atoms. The van der Waals surface area contributed by atoms with Crippen molar-refractivity contribution in [1.82, 2.24) is 10.2 Å². The maximum Gasteiger partial charge on any atom is 0.0314 e. The molecule has 1 aromatic heterocycles. The van der Waals surface area contributed by atoms with Crippen LogP contribution in [0.25, 0.3) is 0 Å². The van der Waals surface area contributed by atoms with Gasteiger partial charge < -0.3 is 10.2 Å². The van der Waals surface area contributed by atoms with Gasteiger partial charge in [-0.3, -0.25) is 0 Å². The second-order valence-corrected chi connectivity index (χ2v) is 8.03. The van der Waals surface area contributed by atoms with Crippen LogP contribution in [0.1, 0.15) is 29.5 Å². The first-order valence-electron chi connectivity index (χ1n) is 6.63. The number of halogens is 1. The van der Waals surface area contributed by atoms with Crippen molar-refractivity contribution in [2.45, 2.75) is 33.2 Å². The van der Waals surface area contributed by atoms with Crippen LogP contribution in [0, 0.1) is 12.3 Å². The summed E-state index contributed by atoms with van der Waals surface area (Å²) in [5.74, 6) is 0. The summed E-state index contributed by atoms with van der Waals surface area (Å²) in [6.45, 7) is 9.20. The Hall–Kier alpha value is 0.100. The molecule has 0 unspecified atom stereocenters. The van der Waals surface area contributed by atoms with Gasteiger partial charge in [0.1, 0.15) is 0 Å². The fourth-order valence-electron chi connectivity index (χ4n) is 2.43. The van der Waals surface area contributed by atoms with Crippen molar-refractivity contribution in [2.24, 2.45) is 5.41 Å². The van der Waals surface area contributed by atoms with Crippen molar-refractivity contribution < 1.29 is 0 Å². The van der Waals surface area contributed by atoms with E-state index in [1.165, 1.54) is 40.2 Å². The molecule has 1 N–H and O–H groups in total. The van der Waals surface area contributed by atoms with E-state index in [4.69, 9.17) is 0 Å². The molecule has 0 spiro atoms. The lowest BCUT2D eigenvalue weighted by atomic mass is 9.80. The molecule has 2 rings (SSSR count). The van der Waals surface area contributed by atoms with E-state index >= 15 is 0 Å². The molecular weight excluding hydrogens is 308 g/mol. The highest BCUT2D eigenvalue weighted by molar-refractivity contribution is 9.10. The van der Waals surface area contributed by atoms with Gasteiger partial charge in [-0.25, -0.2) is 0 Å². The summed E-state index contributed by atoms with van der Waals surface area (Å²) in [6.07, 6.45) is 2.62. The normalized spacial score (nSPS) is 20.2. The van der Waals surface area contributed by atoms with E-state index in [0.717, 1.165) is 13.1 Å². The van der Waals surface area contributed by atoms with Crippen LogP contribution < -0.4 is 5.32 Å². The van der Waals surface area contributed by atoms with Crippen LogP contribution in [0.5, 0.6) is 0 Å². The second-order valence-electron chi connectivity index (χ2n) is 5.83. The van der Waals surface area contributed by atoms with Gasteiger partial charge in [-0.2, -0.15) is 0 Å². The van der Waals surface area contributed by atoms with Gasteiger partial charge in [0, 0.05) is 27.3 Å². The maximum atomic E-state index is 3.64. The molecule has 1 aromatic rings. The summed E-state index contributed by atoms with van der Waals surface area (Å²) in [5, 5.41) is 3.64. The van der Waals surface area contributed by atoms with Gasteiger partial charge in [0.2, 0.25) is 0 Å². The predicted molar refractivity (Wildman–Crippen MR) is 83.3 cm³/mol. The van der Waals surface area contributed by atoms with Gasteiger partial charge in [0.05, 0.1) is 0 Å². The Labute approximate surface area is 123 Å². The smallest absolute Gasteiger partial charge is 0.0314 e. The van der Waals surface area contributed by atoms with E-state index < -0.39 is 0 Å². The van der Waals surface area contributed by atoms with Crippen LogP contribution in [0.3, 0.4) is 0 Å². The number of rotatable bonds is 4. The average Bonchev–Trinajstić information content (AvgIpc) is 2.63. The molecule has 0 aliphatic carbocycles. The van der Waals surface area contributed by atoms with Crippen LogP contribution in [-0.4, -0.2) is 31.6 Å². The summed E-state index contributed by atoms with van der Waals surface area (Å²) in [5.41, 5.74) is 0.482. The van der Waals surface area contributed by atoms with E-state index in [2.05, 4.69) is 53.1 Å². The molecule has 1 aliphatic heterocycles. The number of piperidine rings is 1. The minimum absolute atomic E-state index is 0.482. The Bertz CT molecular complexity index is 375. The Kier molecular flexibility index (Phi) is 4.86. The monoisotopic (exact) mass is 330 g/mol. The molecule has 1 saturated heterocycles. The number of likely N-dealkylation sites (tertiary alicyclic amines) is 1. The van der Waals surface area contributed by atoms with E-state index in [1.807, 2.05) is 11.3 Å². The van der Waals surface area contributed by atoms with Crippen molar-refractivity contribution >= 4 is 27.3 Å². The third kappa shape index (κ3) is 3.80. The molecular formula is C14H23BrN2S. The molecule has 0 bridgehead atoms. The summed E-state index contributed by atoms with van der Waals surface area (Å²) in [4.78, 5) is 5.23. The van der Waals surface area contributed by atoms with Gasteiger partial charge in [-0.05, 0) is 67.3 Å². The Morgan fingerprint density at radius 2 is 2.11 bits per heavy atom. The SMILES string of the molecule is Cc1sc(CNCC2(C)CCN(C)CC2)cc1Br. The van der Waals surface area contributed by atoms with Crippen LogP contribution in [0.2, 0.25) is 0 Å². The largest absolute Gasteiger partial charge is 0.311 e. The number of hydrogen-bond acceptors (Lipinski definition) is 3. The fraction of sp³-hybridized carbons (Fsp3) is 0.714. The quantitative estimate of drug-likeness (QED) is 0.906. The minimum Gasteiger partial charge on any atom is -0.311 e. The number of hydrogen-bond donors (Lipinski definition) is 1. The first-order chi connectivity index (χ1) is 8.48. The van der Waals surface area contributed by atoms with Crippen molar-refractivity contribution in [3.8, 4) is 0 Å². The highest BCUT2D eigenvalue weighted by Crippen LogP contribution is 2.30. The third-order valence-corrected chi connectivity index (χ3v) is 6.09. The Morgan fingerprint density at radius 3 is 2.67 bits per heavy atom. The summed E-state index contributed by atoms with van der Waals surface area (Å²) in [7, 11) is 2.22. The van der Waals surface area contributed by atoms with E-state index in [0.29, 0.717) is 5.41 Å². The number of nitrogens with one attached hydrogen (secondary N) is 1. The van der Waals surface area contributed by atoms with Crippen LogP contribution in [0.4, 0.5) is 0 Å². The number of thiophene rings is 1. The predicted octanol–water partition coefficient (Wildman–Crippen LogP) is 3.64. The molecule has 0 aromatic carbocycles. The summed E-state index contributed by atoms with van der Waals surface area (Å²) >= 11 is 5.46. The zero-order valence-electron chi connectivity index (χ0n) is 11.6. The van der Waals surface area contributed by atoms with Crippen LogP contribution in [-0.2, 0) is 6.54 Å². The molecule has 0 atom stereocenters. The molecule has 1 aliphatic rings. The molecule has 2 heterocycles. The van der Waals surface area contributed by atoms with E-state index in [9.17, 15) is 0 Å². The second kappa shape index (κ2) is 6.04. The molecule has 1 fully saturated rings. The highest BCUT2D eigenvalue weighted by Gasteiger charge is 2.28. The summed E-state index contributed by atoms with van der Waals surface area (Å²) in [6, 6.07) is 2.24. The molecule has 4 heteroatoms.